The van der Waals surface area contributed by atoms with Crippen molar-refractivity contribution < 1.29 is 27.2 Å². The Morgan fingerprint density at radius 3 is 1.94 bits per heavy atom. The van der Waals surface area contributed by atoms with Gasteiger partial charge in [0.1, 0.15) is 0 Å². The average Bonchev–Trinajstić information content (AvgIpc) is 2.64. The Labute approximate surface area is 209 Å². The fourth-order valence-corrected chi connectivity index (χ4v) is 18.8. The summed E-state index contributed by atoms with van der Waals surface area (Å²) in [6.45, 7) is 21.2. The molecule has 1 unspecified atom stereocenters. The van der Waals surface area contributed by atoms with E-state index in [9.17, 15) is 4.79 Å². The smallest absolute Gasteiger partial charge is 0.333 e. The molecule has 0 aliphatic rings. The molecule has 0 aromatic carbocycles. The van der Waals surface area contributed by atoms with Crippen LogP contribution in [0.25, 0.3) is 0 Å². The number of carbonyl (C=O) groups is 1. The molecule has 200 valence electrons. The summed E-state index contributed by atoms with van der Waals surface area (Å²) in [7, 11) is -4.36. The molecule has 0 radical (unpaired) electrons. The van der Waals surface area contributed by atoms with Crippen LogP contribution in [0, 0.1) is 0 Å². The van der Waals surface area contributed by atoms with Crippen molar-refractivity contribution in [3.05, 3.63) is 12.2 Å². The average molecular weight is 525 g/mol. The van der Waals surface area contributed by atoms with Crippen LogP contribution < -0.4 is 0 Å². The quantitative estimate of drug-likeness (QED) is 0.0774. The Bertz CT molecular complexity index is 528. The third-order valence-electron chi connectivity index (χ3n) is 5.00. The summed E-state index contributed by atoms with van der Waals surface area (Å²) in [6.07, 6.45) is 4.22. The molecule has 0 rings (SSSR count). The molecule has 0 saturated heterocycles. The highest BCUT2D eigenvalue weighted by atomic mass is 28.5. The van der Waals surface area contributed by atoms with Gasteiger partial charge in [-0.2, -0.15) is 0 Å². The van der Waals surface area contributed by atoms with Gasteiger partial charge in [-0.3, -0.25) is 0 Å². The molecule has 6 nitrogen and oxygen atoms in total. The van der Waals surface area contributed by atoms with Crippen LogP contribution in [0.15, 0.2) is 12.2 Å². The molecule has 0 aliphatic carbocycles. The zero-order chi connectivity index (χ0) is 24.0. The van der Waals surface area contributed by atoms with Crippen molar-refractivity contribution in [3.8, 4) is 0 Å². The van der Waals surface area contributed by atoms with E-state index in [1.807, 2.05) is 0 Å². The monoisotopic (exact) mass is 524 g/mol. The van der Waals surface area contributed by atoms with E-state index < -0.39 is 25.2 Å². The van der Waals surface area contributed by atoms with E-state index in [2.05, 4.69) is 46.2 Å². The molecular weight excluding hydrogens is 469 g/mol. The van der Waals surface area contributed by atoms with E-state index in [4.69, 9.17) is 22.4 Å². The van der Waals surface area contributed by atoms with E-state index >= 15 is 0 Å². The second-order valence-corrected chi connectivity index (χ2v) is 22.0. The van der Waals surface area contributed by atoms with E-state index in [0.29, 0.717) is 25.4 Å². The lowest BCUT2D eigenvalue weighted by atomic mass is 10.4. The van der Waals surface area contributed by atoms with E-state index in [0.717, 1.165) is 31.5 Å². The van der Waals surface area contributed by atoms with Crippen molar-refractivity contribution in [2.24, 2.45) is 0 Å². The first-order valence-electron chi connectivity index (χ1n) is 11.7. The molecule has 0 bridgehead atoms. The number of hydrogen-bond donors (Lipinski definition) is 0. The Kier molecular flexibility index (Phi) is 21.4. The van der Waals surface area contributed by atoms with Gasteiger partial charge >= 0.3 is 14.5 Å². The lowest BCUT2D eigenvalue weighted by Crippen LogP contribution is -2.53. The minimum absolute atomic E-state index is 0. The number of esters is 1. The first-order chi connectivity index (χ1) is 14.4. The van der Waals surface area contributed by atoms with Crippen LogP contribution in [-0.2, 0) is 27.2 Å². The zero-order valence-electron chi connectivity index (χ0n) is 21.4. The Morgan fingerprint density at radius 2 is 1.39 bits per heavy atom. The van der Waals surface area contributed by atoms with Gasteiger partial charge in [-0.05, 0) is 70.6 Å². The fourth-order valence-electron chi connectivity index (χ4n) is 3.69. The summed E-state index contributed by atoms with van der Waals surface area (Å²) in [5.41, 5.74) is 0.440. The molecule has 33 heavy (non-hydrogen) atoms. The molecular formula is C24H56O6Si3. The number of ether oxygens (including phenoxy) is 3. The van der Waals surface area contributed by atoms with E-state index in [1.54, 1.807) is 14.0 Å². The predicted octanol–water partition coefficient (Wildman–Crippen LogP) is 7.14. The Balaban J connectivity index is -0.00000450. The molecule has 9 heteroatoms. The van der Waals surface area contributed by atoms with Crippen LogP contribution in [0.4, 0.5) is 0 Å². The van der Waals surface area contributed by atoms with Crippen molar-refractivity contribution in [3.63, 3.8) is 0 Å². The number of unbranched alkanes of at least 4 members (excludes halogenated alkanes) is 1. The first kappa shape index (κ1) is 37.3. The van der Waals surface area contributed by atoms with Crippen molar-refractivity contribution >= 4 is 31.2 Å². The fraction of sp³-hybridized carbons (Fsp3) is 0.875. The Hall–Kier alpha value is -0.299. The summed E-state index contributed by atoms with van der Waals surface area (Å²) in [6, 6.07) is 3.20. The summed E-state index contributed by atoms with van der Waals surface area (Å²) in [4.78, 5) is 11.5. The molecule has 0 N–H and O–H groups in total. The normalized spacial score (nSPS) is 13.5. The molecule has 0 aromatic rings. The van der Waals surface area contributed by atoms with Gasteiger partial charge in [0.2, 0.25) is 0 Å². The van der Waals surface area contributed by atoms with Crippen LogP contribution in [0.1, 0.15) is 54.4 Å². The van der Waals surface area contributed by atoms with Crippen LogP contribution in [0.3, 0.4) is 0 Å². The Morgan fingerprint density at radius 1 is 0.818 bits per heavy atom. The molecule has 0 heterocycles. The standard InChI is InChI=1S/C22H48O6Si3.2CH4/c1-10-11-19-31(9,20-12-14-25-17-16-24-4)28-30(7,8)27-29(5,6)18-13-15-26-22(23)21(2)3;;/h2,10-20H2,1,3-9H3;2*1H4. The highest BCUT2D eigenvalue weighted by molar-refractivity contribution is 6.88. The van der Waals surface area contributed by atoms with Gasteiger partial charge in [-0.25, -0.2) is 4.79 Å². The van der Waals surface area contributed by atoms with Gasteiger partial charge in [0.15, 0.2) is 16.6 Å². The molecule has 0 fully saturated rings. The highest BCUT2D eigenvalue weighted by Crippen LogP contribution is 2.29. The van der Waals surface area contributed by atoms with Gasteiger partial charge in [-0.15, -0.1) is 0 Å². The van der Waals surface area contributed by atoms with Crippen LogP contribution >= 0.6 is 0 Å². The molecule has 0 spiro atoms. The van der Waals surface area contributed by atoms with Gasteiger partial charge in [0, 0.05) is 19.3 Å². The minimum Gasteiger partial charge on any atom is -0.462 e. The number of methoxy groups -OCH3 is 1. The van der Waals surface area contributed by atoms with E-state index in [-0.39, 0.29) is 20.8 Å². The molecule has 0 saturated carbocycles. The second-order valence-electron chi connectivity index (χ2n) is 9.65. The largest absolute Gasteiger partial charge is 0.462 e. The van der Waals surface area contributed by atoms with Crippen LogP contribution in [0.5, 0.6) is 0 Å². The van der Waals surface area contributed by atoms with Crippen molar-refractivity contribution in [1.29, 1.82) is 0 Å². The molecule has 1 atom stereocenters. The van der Waals surface area contributed by atoms with Gasteiger partial charge in [-0.1, -0.05) is 41.2 Å². The summed E-state index contributed by atoms with van der Waals surface area (Å²) >= 11 is 0. The third kappa shape index (κ3) is 19.7. The summed E-state index contributed by atoms with van der Waals surface area (Å²) < 4.78 is 29.5. The number of carbonyl (C=O) groups excluding carboxylic acids is 1. The lowest BCUT2D eigenvalue weighted by molar-refractivity contribution is -0.138. The van der Waals surface area contributed by atoms with Gasteiger partial charge in [0.05, 0.1) is 19.8 Å². The highest BCUT2D eigenvalue weighted by Gasteiger charge is 2.41. The topological polar surface area (TPSA) is 63.2 Å². The van der Waals surface area contributed by atoms with Crippen LogP contribution in [0.2, 0.25) is 50.9 Å². The number of hydrogen-bond acceptors (Lipinski definition) is 6. The molecule has 0 aliphatic heterocycles. The third-order valence-corrected chi connectivity index (χ3v) is 17.5. The van der Waals surface area contributed by atoms with Crippen molar-refractivity contribution in [1.82, 2.24) is 0 Å². The minimum atomic E-state index is -2.26. The van der Waals surface area contributed by atoms with E-state index in [1.165, 1.54) is 18.9 Å². The predicted molar refractivity (Wildman–Crippen MR) is 149 cm³/mol. The number of rotatable bonds is 19. The van der Waals surface area contributed by atoms with Crippen LogP contribution in [-0.4, -0.2) is 64.7 Å². The van der Waals surface area contributed by atoms with Gasteiger partial charge in [0.25, 0.3) is 0 Å². The summed E-state index contributed by atoms with van der Waals surface area (Å²) in [5, 5.41) is 0. The molecule has 0 aromatic heterocycles. The summed E-state index contributed by atoms with van der Waals surface area (Å²) in [5.74, 6) is -0.317. The maximum absolute atomic E-state index is 11.5. The van der Waals surface area contributed by atoms with Gasteiger partial charge < -0.3 is 22.4 Å². The van der Waals surface area contributed by atoms with Crippen molar-refractivity contribution in [2.75, 3.05) is 33.5 Å². The maximum atomic E-state index is 11.5. The van der Waals surface area contributed by atoms with Crippen molar-refractivity contribution in [2.45, 2.75) is 105 Å². The maximum Gasteiger partial charge on any atom is 0.333 e. The second kappa shape index (κ2) is 19.0. The lowest BCUT2D eigenvalue weighted by Gasteiger charge is -2.40. The SMILES string of the molecule is C.C.C=C(C)C(=O)OCCC[Si](C)(C)O[Si](C)(C)O[Si](C)(CCCC)CCCOCCOC. The first-order valence-corrected chi connectivity index (χ1v) is 20.4. The zero-order valence-corrected chi connectivity index (χ0v) is 24.4. The molecule has 0 amide bonds.